The Morgan fingerprint density at radius 2 is 0.512 bits per heavy atom. The number of hydrogen-bond donors (Lipinski definition) is 0. The Morgan fingerprint density at radius 3 is 1.00 bits per heavy atom. The molecule has 0 atom stereocenters. The average molecular weight is 1070 g/mol. The molecular formula is C81H49NO2. The quantitative estimate of drug-likeness (QED) is 0.175. The number of ether oxygens (including phenoxy) is 2. The van der Waals surface area contributed by atoms with Gasteiger partial charge in [-0.25, -0.2) is 0 Å². The van der Waals surface area contributed by atoms with Crippen molar-refractivity contribution in [2.45, 2.75) is 16.2 Å². The minimum atomic E-state index is -0.673. The van der Waals surface area contributed by atoms with Gasteiger partial charge >= 0.3 is 0 Å². The summed E-state index contributed by atoms with van der Waals surface area (Å²) in [5, 5.41) is 0. The lowest BCUT2D eigenvalue weighted by Gasteiger charge is -2.39. The molecule has 0 unspecified atom stereocenters. The molecule has 0 saturated carbocycles. The number of nitrogens with zero attached hydrogens (tertiary/aromatic N) is 1. The van der Waals surface area contributed by atoms with Gasteiger partial charge in [0.05, 0.1) is 27.6 Å². The van der Waals surface area contributed by atoms with Crippen molar-refractivity contribution in [3.8, 4) is 78.6 Å². The summed E-state index contributed by atoms with van der Waals surface area (Å²) in [5.41, 5.74) is 28.4. The molecule has 3 heteroatoms. The van der Waals surface area contributed by atoms with E-state index < -0.39 is 16.2 Å². The first-order valence-corrected chi connectivity index (χ1v) is 29.2. The monoisotopic (exact) mass is 1070 g/mol. The minimum absolute atomic E-state index is 0.556. The maximum atomic E-state index is 6.87. The highest BCUT2D eigenvalue weighted by Gasteiger charge is 2.55. The maximum Gasteiger partial charge on any atom is 0.132 e. The van der Waals surface area contributed by atoms with Gasteiger partial charge in [0.25, 0.3) is 0 Å². The van der Waals surface area contributed by atoms with Crippen LogP contribution in [-0.2, 0) is 16.2 Å². The first-order chi connectivity index (χ1) is 41.7. The molecule has 84 heavy (non-hydrogen) atoms. The van der Waals surface area contributed by atoms with Gasteiger partial charge in [0.15, 0.2) is 0 Å². The molecule has 0 radical (unpaired) electrons. The molecule has 6 aliphatic rings. The summed E-state index contributed by atoms with van der Waals surface area (Å²) in [6.07, 6.45) is 0. The Balaban J connectivity index is 0.923. The van der Waals surface area contributed by atoms with Gasteiger partial charge in [-0.2, -0.15) is 0 Å². The van der Waals surface area contributed by atoms with Crippen LogP contribution in [0.2, 0.25) is 0 Å². The van der Waals surface area contributed by atoms with Crippen LogP contribution in [0.5, 0.6) is 23.0 Å². The smallest absolute Gasteiger partial charge is 0.132 e. The van der Waals surface area contributed by atoms with Crippen LogP contribution in [-0.4, -0.2) is 0 Å². The lowest BCUT2D eigenvalue weighted by Crippen LogP contribution is -2.32. The molecule has 0 bridgehead atoms. The third-order valence-corrected chi connectivity index (χ3v) is 19.6. The number of benzene rings is 13. The number of fused-ring (bicyclic) bond motifs is 28. The topological polar surface area (TPSA) is 21.7 Å². The zero-order valence-electron chi connectivity index (χ0n) is 45.6. The summed E-state index contributed by atoms with van der Waals surface area (Å²) in [6.45, 7) is 0. The largest absolute Gasteiger partial charge is 0.457 e. The second kappa shape index (κ2) is 16.7. The van der Waals surface area contributed by atoms with Crippen LogP contribution in [0.4, 0.5) is 17.1 Å². The number of para-hydroxylation sites is 5. The molecule has 2 aliphatic heterocycles. The standard InChI is InChI=1S/C81H49NO2/c1-7-30-59-51(23-1)52-24-2-8-31-60(52)79(59)61-32-9-3-25-53(61)54-48-47-50(49-70(54)79)82(72-42-22-40-69-78(72)58-28-5-11-34-63(58)81(69)66-37-14-19-45-75(66)84-76-46-20-15-38-67(76)81)71-41-16-6-26-55(71)56-29-21-39-68-77(56)57-27-4-10-33-62(57)80(68)64-35-12-17-43-73(64)83-74-44-18-13-36-65(74)80/h1-49H. The molecule has 3 spiro atoms. The van der Waals surface area contributed by atoms with E-state index in [-0.39, 0.29) is 0 Å². The summed E-state index contributed by atoms with van der Waals surface area (Å²) in [7, 11) is 0. The Kier molecular flexibility index (Phi) is 9.13. The Labute approximate surface area is 487 Å². The van der Waals surface area contributed by atoms with Gasteiger partial charge in [-0.1, -0.05) is 249 Å². The zero-order valence-corrected chi connectivity index (χ0v) is 45.6. The molecular weight excluding hydrogens is 1020 g/mol. The van der Waals surface area contributed by atoms with Crippen molar-refractivity contribution in [2.75, 3.05) is 4.90 Å². The molecule has 4 aliphatic carbocycles. The molecule has 19 rings (SSSR count). The highest BCUT2D eigenvalue weighted by molar-refractivity contribution is 6.05. The Bertz CT molecular complexity index is 4870. The summed E-state index contributed by atoms with van der Waals surface area (Å²) in [5.74, 6) is 3.51. The van der Waals surface area contributed by atoms with E-state index in [1.165, 1.54) is 94.6 Å². The van der Waals surface area contributed by atoms with Gasteiger partial charge in [0.2, 0.25) is 0 Å². The van der Waals surface area contributed by atoms with E-state index in [4.69, 9.17) is 9.47 Å². The highest BCUT2D eigenvalue weighted by atomic mass is 16.5. The van der Waals surface area contributed by atoms with E-state index in [2.05, 4.69) is 302 Å². The van der Waals surface area contributed by atoms with Crippen molar-refractivity contribution in [3.63, 3.8) is 0 Å². The number of rotatable bonds is 4. The molecule has 13 aromatic carbocycles. The molecule has 3 nitrogen and oxygen atoms in total. The van der Waals surface area contributed by atoms with Crippen LogP contribution in [0.1, 0.15) is 66.8 Å². The van der Waals surface area contributed by atoms with Gasteiger partial charge < -0.3 is 14.4 Å². The predicted octanol–water partition coefficient (Wildman–Crippen LogP) is 20.1. The molecule has 0 N–H and O–H groups in total. The van der Waals surface area contributed by atoms with Crippen molar-refractivity contribution in [2.24, 2.45) is 0 Å². The summed E-state index contributed by atoms with van der Waals surface area (Å²) >= 11 is 0. The van der Waals surface area contributed by atoms with Crippen molar-refractivity contribution in [1.82, 2.24) is 0 Å². The van der Waals surface area contributed by atoms with Crippen LogP contribution in [0.25, 0.3) is 55.6 Å². The van der Waals surface area contributed by atoms with Crippen LogP contribution >= 0.6 is 0 Å². The highest BCUT2D eigenvalue weighted by Crippen LogP contribution is 2.68. The molecule has 13 aromatic rings. The Morgan fingerprint density at radius 1 is 0.202 bits per heavy atom. The molecule has 0 saturated heterocycles. The van der Waals surface area contributed by atoms with E-state index in [9.17, 15) is 0 Å². The first kappa shape index (κ1) is 45.9. The van der Waals surface area contributed by atoms with E-state index in [0.29, 0.717) is 0 Å². The van der Waals surface area contributed by atoms with E-state index in [1.54, 1.807) is 0 Å². The van der Waals surface area contributed by atoms with Crippen molar-refractivity contribution < 1.29 is 9.47 Å². The molecule has 0 amide bonds. The van der Waals surface area contributed by atoms with Crippen molar-refractivity contribution >= 4 is 17.1 Å². The fraction of sp³-hybridized carbons (Fsp3) is 0.0370. The SMILES string of the molecule is c1ccc2c(c1)Oc1ccccc1C21c2ccccc2-c2c(-c3ccccc3N(c3ccc4c(c3)C3(c5ccccc5-c5ccccc53)c3ccccc3-4)c3cccc4c3-c3ccccc3C43c4ccccc4Oc4ccccc43)cccc21. The zero-order chi connectivity index (χ0) is 54.9. The fourth-order valence-electron chi connectivity index (χ4n) is 16.7. The van der Waals surface area contributed by atoms with E-state index in [1.807, 2.05) is 0 Å². The molecule has 2 heterocycles. The summed E-state index contributed by atoms with van der Waals surface area (Å²) in [4.78, 5) is 2.61. The van der Waals surface area contributed by atoms with Crippen molar-refractivity contribution in [3.05, 3.63) is 364 Å². The maximum absolute atomic E-state index is 6.87. The van der Waals surface area contributed by atoms with Crippen molar-refractivity contribution in [1.29, 1.82) is 0 Å². The van der Waals surface area contributed by atoms with Crippen LogP contribution in [0.15, 0.2) is 297 Å². The molecule has 0 fully saturated rings. The normalized spacial score (nSPS) is 14.9. The van der Waals surface area contributed by atoms with Gasteiger partial charge in [-0.15, -0.1) is 0 Å². The van der Waals surface area contributed by atoms with E-state index in [0.717, 1.165) is 67.9 Å². The fourth-order valence-corrected chi connectivity index (χ4v) is 16.7. The second-order valence-corrected chi connectivity index (χ2v) is 23.2. The van der Waals surface area contributed by atoms with Gasteiger partial charge in [0.1, 0.15) is 23.0 Å². The molecule has 0 aromatic heterocycles. The molecule has 390 valence electrons. The predicted molar refractivity (Wildman–Crippen MR) is 338 cm³/mol. The Hall–Kier alpha value is -10.7. The minimum Gasteiger partial charge on any atom is -0.457 e. The van der Waals surface area contributed by atoms with Gasteiger partial charge in [-0.05, 0) is 138 Å². The lowest BCUT2D eigenvalue weighted by atomic mass is 9.66. The third-order valence-electron chi connectivity index (χ3n) is 19.6. The first-order valence-electron chi connectivity index (χ1n) is 29.2. The van der Waals surface area contributed by atoms with Crippen LogP contribution < -0.4 is 14.4 Å². The average Bonchev–Trinajstić information content (AvgIpc) is 1.64. The summed E-state index contributed by atoms with van der Waals surface area (Å²) < 4.78 is 13.7. The van der Waals surface area contributed by atoms with Gasteiger partial charge in [-0.3, -0.25) is 0 Å². The van der Waals surface area contributed by atoms with Crippen LogP contribution in [0.3, 0.4) is 0 Å². The van der Waals surface area contributed by atoms with Gasteiger partial charge in [0, 0.05) is 39.1 Å². The third kappa shape index (κ3) is 5.53. The second-order valence-electron chi connectivity index (χ2n) is 23.2. The number of hydrogen-bond acceptors (Lipinski definition) is 3. The lowest BCUT2D eigenvalue weighted by molar-refractivity contribution is 0.436. The number of anilines is 3. The van der Waals surface area contributed by atoms with E-state index >= 15 is 0 Å². The van der Waals surface area contributed by atoms with Crippen LogP contribution in [0, 0.1) is 0 Å². The summed E-state index contributed by atoms with van der Waals surface area (Å²) in [6, 6.07) is 111.